The van der Waals surface area contributed by atoms with Gasteiger partial charge in [-0.15, -0.1) is 12.8 Å². The molecular formula is C25H36Cl2N2O3S2. The summed E-state index contributed by atoms with van der Waals surface area (Å²) in [5, 5.41) is 1.12. The van der Waals surface area contributed by atoms with Gasteiger partial charge in [-0.3, -0.25) is 4.31 Å². The summed E-state index contributed by atoms with van der Waals surface area (Å²) in [6.45, 7) is 10.0. The van der Waals surface area contributed by atoms with E-state index >= 15 is 0 Å². The van der Waals surface area contributed by atoms with Gasteiger partial charge in [0.25, 0.3) is 0 Å². The summed E-state index contributed by atoms with van der Waals surface area (Å²) in [5.74, 6) is 0.0532. The molecule has 2 aromatic rings. The highest BCUT2D eigenvalue weighted by Crippen LogP contribution is 2.28. The highest BCUT2D eigenvalue weighted by molar-refractivity contribution is 7.89. The van der Waals surface area contributed by atoms with Crippen molar-refractivity contribution < 1.29 is 12.6 Å². The van der Waals surface area contributed by atoms with Crippen LogP contribution < -0.4 is 4.31 Å². The van der Waals surface area contributed by atoms with Crippen LogP contribution in [0.5, 0.6) is 0 Å². The molecule has 0 saturated heterocycles. The summed E-state index contributed by atoms with van der Waals surface area (Å²) >= 11 is 12.2. The monoisotopic (exact) mass is 546 g/mol. The van der Waals surface area contributed by atoms with E-state index in [2.05, 4.69) is 12.8 Å². The molecule has 190 valence electrons. The number of hydrogen-bond acceptors (Lipinski definition) is 3. The molecule has 2 aromatic carbocycles. The Morgan fingerprint density at radius 1 is 0.971 bits per heavy atom. The van der Waals surface area contributed by atoms with Gasteiger partial charge < -0.3 is 0 Å². The normalized spacial score (nSPS) is 11.8. The largest absolute Gasteiger partial charge is 0.287 e. The molecule has 1 atom stereocenters. The van der Waals surface area contributed by atoms with Crippen LogP contribution >= 0.6 is 23.2 Å². The van der Waals surface area contributed by atoms with Gasteiger partial charge in [0, 0.05) is 29.7 Å². The molecule has 0 spiro atoms. The highest BCUT2D eigenvalue weighted by atomic mass is 35.5. The summed E-state index contributed by atoms with van der Waals surface area (Å²) in [4.78, 5) is 0.617. The minimum atomic E-state index is -3.31. The first-order chi connectivity index (χ1) is 16.0. The van der Waals surface area contributed by atoms with E-state index in [0.717, 1.165) is 11.3 Å². The molecule has 0 aliphatic rings. The molecule has 2 rings (SSSR count). The van der Waals surface area contributed by atoms with E-state index in [4.69, 9.17) is 23.2 Å². The van der Waals surface area contributed by atoms with E-state index < -0.39 is 21.0 Å². The average Bonchev–Trinajstić information content (AvgIpc) is 2.83. The predicted molar refractivity (Wildman–Crippen MR) is 149 cm³/mol. The van der Waals surface area contributed by atoms with Gasteiger partial charge in [0.15, 0.2) is 11.0 Å². The molecule has 0 aromatic heterocycles. The van der Waals surface area contributed by atoms with Crippen molar-refractivity contribution >= 4 is 49.9 Å². The Morgan fingerprint density at radius 2 is 1.50 bits per heavy atom. The summed E-state index contributed by atoms with van der Waals surface area (Å²) in [6.07, 6.45) is 9.03. The molecule has 5 nitrogen and oxygen atoms in total. The Balaban J connectivity index is 0.00000258. The first-order valence-corrected chi connectivity index (χ1v) is 14.5. The third-order valence-electron chi connectivity index (χ3n) is 4.83. The summed E-state index contributed by atoms with van der Waals surface area (Å²) < 4.78 is 41.3. The summed E-state index contributed by atoms with van der Waals surface area (Å²) in [6, 6.07) is 12.2. The molecule has 0 saturated carbocycles. The molecule has 1 unspecified atom stereocenters. The molecule has 9 heteroatoms. The van der Waals surface area contributed by atoms with E-state index in [1.807, 2.05) is 40.7 Å². The van der Waals surface area contributed by atoms with Crippen LogP contribution in [0.25, 0.3) is 0 Å². The van der Waals surface area contributed by atoms with Crippen LogP contribution in [-0.2, 0) is 21.0 Å². The fourth-order valence-electron chi connectivity index (χ4n) is 2.83. The van der Waals surface area contributed by atoms with E-state index in [1.165, 1.54) is 4.31 Å². The van der Waals surface area contributed by atoms with Crippen molar-refractivity contribution in [3.8, 4) is 12.8 Å². The first kappa shape index (κ1) is 32.4. The fourth-order valence-corrected chi connectivity index (χ4v) is 5.91. The van der Waals surface area contributed by atoms with Crippen molar-refractivity contribution in [2.75, 3.05) is 23.7 Å². The standard InChI is InChI=1S/C21H28Cl2N2O3S2.C2H6.C2H2/c1-16(2)24(4)30(27,28)14-6-5-13-25(21-15-19(23)8-7-17(21)3)29(26)20-11-9-18(22)10-12-20;2*1-2/h7-12,15-16H,5-6,13-14H2,1-4H3;1-2H3;1-2H. The number of anilines is 1. The molecular weight excluding hydrogens is 511 g/mol. The Hall–Kier alpha value is -1.56. The van der Waals surface area contributed by atoms with Crippen LogP contribution in [0.1, 0.15) is 46.1 Å². The number of sulfonamides is 1. The van der Waals surface area contributed by atoms with E-state index in [1.54, 1.807) is 47.8 Å². The zero-order valence-electron chi connectivity index (χ0n) is 20.8. The number of rotatable bonds is 10. The van der Waals surface area contributed by atoms with Crippen LogP contribution in [0.4, 0.5) is 5.69 Å². The van der Waals surface area contributed by atoms with Gasteiger partial charge in [0.1, 0.15) is 0 Å². The van der Waals surface area contributed by atoms with Crippen molar-refractivity contribution in [1.82, 2.24) is 4.31 Å². The molecule has 0 aliphatic carbocycles. The molecule has 0 heterocycles. The SMILES string of the molecule is C#C.CC.Cc1ccc(Cl)cc1N(CCCCS(=O)(=O)N(C)C(C)C)S(=O)c1ccc(Cl)cc1. The molecule has 0 aliphatic heterocycles. The van der Waals surface area contributed by atoms with Gasteiger partial charge in [-0.1, -0.05) is 43.1 Å². The lowest BCUT2D eigenvalue weighted by atomic mass is 10.2. The second-order valence-electron chi connectivity index (χ2n) is 7.37. The minimum absolute atomic E-state index is 0.0532. The molecule has 0 bridgehead atoms. The topological polar surface area (TPSA) is 57.7 Å². The van der Waals surface area contributed by atoms with Gasteiger partial charge in [0.05, 0.1) is 16.3 Å². The van der Waals surface area contributed by atoms with Gasteiger partial charge in [-0.05, 0) is 75.6 Å². The van der Waals surface area contributed by atoms with Crippen molar-refractivity contribution in [2.45, 2.75) is 58.4 Å². The maximum Gasteiger partial charge on any atom is 0.214 e. The van der Waals surface area contributed by atoms with Crippen LogP contribution in [0, 0.1) is 19.8 Å². The molecule has 0 radical (unpaired) electrons. The van der Waals surface area contributed by atoms with E-state index in [0.29, 0.717) is 34.3 Å². The molecule has 0 fully saturated rings. The minimum Gasteiger partial charge on any atom is -0.287 e. The van der Waals surface area contributed by atoms with E-state index in [9.17, 15) is 12.6 Å². The first-order valence-electron chi connectivity index (χ1n) is 11.0. The number of halogens is 2. The smallest absolute Gasteiger partial charge is 0.214 e. The van der Waals surface area contributed by atoms with Gasteiger partial charge >= 0.3 is 0 Å². The van der Waals surface area contributed by atoms with Crippen LogP contribution in [0.15, 0.2) is 47.4 Å². The third-order valence-corrected chi connectivity index (χ3v) is 8.88. The van der Waals surface area contributed by atoms with Gasteiger partial charge in [-0.25, -0.2) is 16.9 Å². The number of aryl methyl sites for hydroxylation is 1. The second kappa shape index (κ2) is 16.2. The lowest BCUT2D eigenvalue weighted by Crippen LogP contribution is -2.35. The number of benzene rings is 2. The molecule has 34 heavy (non-hydrogen) atoms. The maximum absolute atomic E-state index is 13.3. The molecule has 0 N–H and O–H groups in total. The lowest BCUT2D eigenvalue weighted by Gasteiger charge is -2.26. The Morgan fingerprint density at radius 3 is 2.03 bits per heavy atom. The van der Waals surface area contributed by atoms with Crippen LogP contribution in [0.3, 0.4) is 0 Å². The zero-order chi connectivity index (χ0) is 26.5. The van der Waals surface area contributed by atoms with Crippen molar-refractivity contribution in [3.05, 3.63) is 58.1 Å². The Labute approximate surface area is 219 Å². The predicted octanol–water partition coefficient (Wildman–Crippen LogP) is 6.56. The second-order valence-corrected chi connectivity index (χ2v) is 11.8. The lowest BCUT2D eigenvalue weighted by molar-refractivity contribution is 0.409. The number of hydrogen-bond donors (Lipinski definition) is 0. The van der Waals surface area contributed by atoms with E-state index in [-0.39, 0.29) is 11.8 Å². The van der Waals surface area contributed by atoms with Crippen LogP contribution in [0.2, 0.25) is 10.0 Å². The summed E-state index contributed by atoms with van der Waals surface area (Å²) in [7, 11) is -3.20. The maximum atomic E-state index is 13.3. The quantitative estimate of drug-likeness (QED) is 0.250. The Kier molecular flexibility index (Phi) is 15.4. The zero-order valence-corrected chi connectivity index (χ0v) is 23.9. The van der Waals surface area contributed by atoms with Gasteiger partial charge in [0.2, 0.25) is 10.0 Å². The van der Waals surface area contributed by atoms with Crippen molar-refractivity contribution in [1.29, 1.82) is 0 Å². The third kappa shape index (κ3) is 9.97. The van der Waals surface area contributed by atoms with Crippen molar-refractivity contribution in [3.63, 3.8) is 0 Å². The summed E-state index contributed by atoms with van der Waals surface area (Å²) in [5.41, 5.74) is 1.70. The Bertz CT molecular complexity index is 1020. The van der Waals surface area contributed by atoms with Crippen molar-refractivity contribution in [2.24, 2.45) is 0 Å². The average molecular weight is 548 g/mol. The van der Waals surface area contributed by atoms with Gasteiger partial charge in [-0.2, -0.15) is 0 Å². The molecule has 0 amide bonds. The number of unbranched alkanes of at least 4 members (excludes halogenated alkanes) is 1. The number of nitrogens with zero attached hydrogens (tertiary/aromatic N) is 2. The number of terminal acetylenes is 1. The fraction of sp³-hybridized carbons (Fsp3) is 0.440. The van der Waals surface area contributed by atoms with Crippen LogP contribution in [-0.4, -0.2) is 42.3 Å². The highest BCUT2D eigenvalue weighted by Gasteiger charge is 2.22.